The maximum atomic E-state index is 11.0. The number of carboxylic acids is 2. The molecule has 0 atom stereocenters. The molecule has 7 heteroatoms. The molecule has 0 amide bonds. The second kappa shape index (κ2) is 15.6. The molecule has 7 nitrogen and oxygen atoms in total. The summed E-state index contributed by atoms with van der Waals surface area (Å²) in [6.07, 6.45) is 8.02. The Morgan fingerprint density at radius 2 is 1.20 bits per heavy atom. The van der Waals surface area contributed by atoms with Crippen LogP contribution in [0.25, 0.3) is 0 Å². The van der Waals surface area contributed by atoms with Gasteiger partial charge in [0.25, 0.3) is 0 Å². The Hall–Kier alpha value is -1.18. The van der Waals surface area contributed by atoms with Crippen molar-refractivity contribution in [3.8, 4) is 0 Å². The van der Waals surface area contributed by atoms with Crippen LogP contribution in [0.2, 0.25) is 0 Å². The number of nitrogens with one attached hydrogen (secondary N) is 1. The maximum Gasteiger partial charge on any atom is 0.309 e. The molecule has 0 aromatic rings. The van der Waals surface area contributed by atoms with Crippen LogP contribution in [0.15, 0.2) is 0 Å². The van der Waals surface area contributed by atoms with Crippen LogP contribution in [0, 0.1) is 10.8 Å². The van der Waals surface area contributed by atoms with Gasteiger partial charge in [-0.25, -0.2) is 0 Å². The van der Waals surface area contributed by atoms with Gasteiger partial charge in [0, 0.05) is 13.1 Å². The van der Waals surface area contributed by atoms with E-state index in [1.165, 1.54) is 26.2 Å². The Morgan fingerprint density at radius 1 is 0.800 bits per heavy atom. The highest BCUT2D eigenvalue weighted by Gasteiger charge is 2.26. The number of hydrogen-bond donors (Lipinski definition) is 5. The molecule has 0 saturated carbocycles. The number of carboxylic acid groups (broad SMARTS) is 2. The zero-order chi connectivity index (χ0) is 23.0. The smallest absolute Gasteiger partial charge is 0.309 e. The highest BCUT2D eigenvalue weighted by molar-refractivity contribution is 5.73. The third-order valence-corrected chi connectivity index (χ3v) is 5.89. The van der Waals surface area contributed by atoms with Crippen molar-refractivity contribution in [3.05, 3.63) is 0 Å². The molecule has 1 aliphatic heterocycles. The van der Waals surface area contributed by atoms with Crippen LogP contribution in [-0.2, 0) is 9.59 Å². The number of hydrogen-bond acceptors (Lipinski definition) is 4. The molecule has 1 heterocycles. The van der Waals surface area contributed by atoms with Gasteiger partial charge in [0.1, 0.15) is 0 Å². The summed E-state index contributed by atoms with van der Waals surface area (Å²) in [5.41, 5.74) is -1.33. The van der Waals surface area contributed by atoms with Crippen molar-refractivity contribution in [1.29, 1.82) is 0 Å². The molecule has 6 N–H and O–H groups in total. The minimum Gasteiger partial charge on any atom is -0.481 e. The van der Waals surface area contributed by atoms with Crippen LogP contribution >= 0.6 is 0 Å². The van der Waals surface area contributed by atoms with E-state index in [-0.39, 0.29) is 6.10 Å². The van der Waals surface area contributed by atoms with Crippen LogP contribution < -0.4 is 10.6 Å². The third-order valence-electron chi connectivity index (χ3n) is 5.89. The third kappa shape index (κ3) is 14.7. The van der Waals surface area contributed by atoms with E-state index < -0.39 is 22.8 Å². The number of rotatable bonds is 14. The van der Waals surface area contributed by atoms with E-state index in [1.807, 2.05) is 0 Å². The van der Waals surface area contributed by atoms with Crippen molar-refractivity contribution in [3.63, 3.8) is 0 Å². The van der Waals surface area contributed by atoms with E-state index in [0.717, 1.165) is 51.4 Å². The predicted octanol–water partition coefficient (Wildman–Crippen LogP) is 2.62. The first-order chi connectivity index (χ1) is 14.0. The fourth-order valence-electron chi connectivity index (χ4n) is 3.28. The van der Waals surface area contributed by atoms with Gasteiger partial charge in [0.15, 0.2) is 0 Å². The highest BCUT2D eigenvalue weighted by atomic mass is 16.4. The second-order valence-electron chi connectivity index (χ2n) is 9.85. The fraction of sp³-hybridized carbons (Fsp3) is 0.913. The van der Waals surface area contributed by atoms with Crippen molar-refractivity contribution < 1.29 is 30.2 Å². The molecule has 30 heavy (non-hydrogen) atoms. The van der Waals surface area contributed by atoms with E-state index in [4.69, 9.17) is 10.2 Å². The molecule has 0 aromatic heterocycles. The van der Waals surface area contributed by atoms with Crippen molar-refractivity contribution in [2.45, 2.75) is 98.0 Å². The molecule has 1 fully saturated rings. The molecule has 0 unspecified atom stereocenters. The number of aliphatic hydroxyl groups excluding tert-OH is 1. The normalized spacial score (nSPS) is 14.9. The van der Waals surface area contributed by atoms with Crippen molar-refractivity contribution in [2.24, 2.45) is 10.8 Å². The first-order valence-corrected chi connectivity index (χ1v) is 11.7. The van der Waals surface area contributed by atoms with Gasteiger partial charge in [-0.3, -0.25) is 9.59 Å². The van der Waals surface area contributed by atoms with E-state index in [1.54, 1.807) is 27.7 Å². The lowest BCUT2D eigenvalue weighted by molar-refractivity contribution is -0.657. The number of aliphatic hydroxyl groups is 1. The fourth-order valence-corrected chi connectivity index (χ4v) is 3.28. The lowest BCUT2D eigenvalue weighted by atomic mass is 9.86. The Kier molecular flexibility index (Phi) is 15.0. The minimum absolute atomic E-state index is 0.301. The average Bonchev–Trinajstić information content (AvgIpc) is 2.69. The van der Waals surface area contributed by atoms with Crippen molar-refractivity contribution >= 4 is 11.9 Å². The first kappa shape index (κ1) is 28.8. The van der Waals surface area contributed by atoms with Gasteiger partial charge < -0.3 is 26.0 Å². The molecule has 0 aromatic carbocycles. The van der Waals surface area contributed by atoms with E-state index >= 15 is 0 Å². The Labute approximate surface area is 183 Å². The summed E-state index contributed by atoms with van der Waals surface area (Å²) in [6.45, 7) is 11.9. The summed E-state index contributed by atoms with van der Waals surface area (Å²) in [4.78, 5) is 22.0. The lowest BCUT2D eigenvalue weighted by Crippen LogP contribution is -2.89. The lowest BCUT2D eigenvalue weighted by Gasteiger charge is -2.19. The highest BCUT2D eigenvalue weighted by Crippen LogP contribution is 2.25. The molecule has 0 spiro atoms. The van der Waals surface area contributed by atoms with Crippen molar-refractivity contribution in [1.82, 2.24) is 5.32 Å². The number of aliphatic carboxylic acids is 2. The minimum atomic E-state index is -0.756. The van der Waals surface area contributed by atoms with Crippen LogP contribution in [0.4, 0.5) is 0 Å². The van der Waals surface area contributed by atoms with Gasteiger partial charge in [0.05, 0.1) is 30.0 Å². The molecule has 0 bridgehead atoms. The van der Waals surface area contributed by atoms with Crippen LogP contribution in [-0.4, -0.2) is 59.5 Å². The van der Waals surface area contributed by atoms with Gasteiger partial charge in [-0.05, 0) is 53.4 Å². The summed E-state index contributed by atoms with van der Waals surface area (Å²) in [6, 6.07) is 0. The number of nitrogens with two attached hydrogens (primary N) is 1. The van der Waals surface area contributed by atoms with E-state index in [9.17, 15) is 14.7 Å². The Bertz CT molecular complexity index is 429. The molecular formula is C23H47N2O5+. The predicted molar refractivity (Wildman–Crippen MR) is 120 cm³/mol. The topological polar surface area (TPSA) is 123 Å². The molecule has 1 saturated heterocycles. The van der Waals surface area contributed by atoms with Crippen LogP contribution in [0.3, 0.4) is 0 Å². The zero-order valence-electron chi connectivity index (χ0n) is 19.7. The summed E-state index contributed by atoms with van der Waals surface area (Å²) >= 11 is 0. The summed E-state index contributed by atoms with van der Waals surface area (Å²) in [5, 5.41) is 33.6. The number of unbranched alkanes of at least 4 members (excludes halogenated alkanes) is 4. The summed E-state index contributed by atoms with van der Waals surface area (Å²) in [5.74, 6) is -1.51. The second-order valence-corrected chi connectivity index (χ2v) is 9.85. The summed E-state index contributed by atoms with van der Waals surface area (Å²) in [7, 11) is 0. The van der Waals surface area contributed by atoms with E-state index in [2.05, 4.69) is 10.6 Å². The zero-order valence-corrected chi connectivity index (χ0v) is 19.7. The molecular weight excluding hydrogens is 384 g/mol. The quantitative estimate of drug-likeness (QED) is 0.269. The number of quaternary nitrogens is 1. The van der Waals surface area contributed by atoms with Gasteiger partial charge >= 0.3 is 11.9 Å². The maximum absolute atomic E-state index is 11.0. The monoisotopic (exact) mass is 431 g/mol. The Balaban J connectivity index is 0.00000118. The number of piperazine rings is 1. The molecule has 1 aliphatic rings. The number of carbonyl (C=O) groups is 2. The van der Waals surface area contributed by atoms with Crippen LogP contribution in [0.5, 0.6) is 0 Å². The standard InChI is InChI=1S/C19H36O5.C4H10N2/c1-18(2,16(21)22)13-9-5-7-11-15(20)12-8-6-10-14-19(3,4)17(23)24;1-2-6-4-3-5-1/h15,20H,5-14H2,1-4H3,(H,21,22)(H,23,24);5-6H,1-4H2/p+1. The van der Waals surface area contributed by atoms with Gasteiger partial charge in [-0.1, -0.05) is 38.5 Å². The summed E-state index contributed by atoms with van der Waals surface area (Å²) < 4.78 is 0. The van der Waals surface area contributed by atoms with Crippen LogP contribution in [0.1, 0.15) is 91.9 Å². The largest absolute Gasteiger partial charge is 0.481 e. The first-order valence-electron chi connectivity index (χ1n) is 11.7. The van der Waals surface area contributed by atoms with Gasteiger partial charge in [-0.15, -0.1) is 0 Å². The molecule has 178 valence electrons. The van der Waals surface area contributed by atoms with Gasteiger partial charge in [0.2, 0.25) is 0 Å². The Morgan fingerprint density at radius 3 is 1.47 bits per heavy atom. The molecule has 1 rings (SSSR count). The molecule has 0 radical (unpaired) electrons. The molecule has 0 aliphatic carbocycles. The van der Waals surface area contributed by atoms with Crippen molar-refractivity contribution in [2.75, 3.05) is 26.2 Å². The van der Waals surface area contributed by atoms with E-state index in [0.29, 0.717) is 12.8 Å². The SMILES string of the molecule is C1C[NH2+]CCN1.CC(C)(CCCCCC(O)CCCCCC(C)(C)C(=O)O)C(=O)O. The van der Waals surface area contributed by atoms with Gasteiger partial charge in [-0.2, -0.15) is 0 Å². The average molecular weight is 432 g/mol.